The lowest BCUT2D eigenvalue weighted by molar-refractivity contribution is 0.161. The molecule has 0 saturated carbocycles. The van der Waals surface area contributed by atoms with Crippen LogP contribution in [0.2, 0.25) is 0 Å². The molecule has 0 amide bonds. The van der Waals surface area contributed by atoms with Crippen LogP contribution in [0.25, 0.3) is 0 Å². The summed E-state index contributed by atoms with van der Waals surface area (Å²) in [4.78, 5) is 2.29. The summed E-state index contributed by atoms with van der Waals surface area (Å²) in [6, 6.07) is 0. The zero-order valence-electron chi connectivity index (χ0n) is 10.9. The zero-order valence-corrected chi connectivity index (χ0v) is 10.9. The highest BCUT2D eigenvalue weighted by molar-refractivity contribution is 4.55. The van der Waals surface area contributed by atoms with E-state index in [0.717, 1.165) is 38.7 Å². The number of rotatable bonds is 10. The van der Waals surface area contributed by atoms with Crippen molar-refractivity contribution in [1.29, 1.82) is 0 Å². The van der Waals surface area contributed by atoms with Gasteiger partial charge in [-0.3, -0.25) is 0 Å². The summed E-state index contributed by atoms with van der Waals surface area (Å²) in [5.41, 5.74) is 0. The van der Waals surface area contributed by atoms with Crippen LogP contribution in [0, 0.1) is 5.92 Å². The van der Waals surface area contributed by atoms with Crippen molar-refractivity contribution in [2.75, 3.05) is 46.9 Å². The lowest BCUT2D eigenvalue weighted by Gasteiger charge is -2.16. The summed E-state index contributed by atoms with van der Waals surface area (Å²) in [6.45, 7) is 9.73. The minimum atomic E-state index is 0.823. The van der Waals surface area contributed by atoms with Gasteiger partial charge >= 0.3 is 0 Å². The molecule has 0 heterocycles. The van der Waals surface area contributed by atoms with E-state index in [-0.39, 0.29) is 0 Å². The van der Waals surface area contributed by atoms with E-state index in [4.69, 9.17) is 4.74 Å². The smallest absolute Gasteiger partial charge is 0.0589 e. The van der Waals surface area contributed by atoms with E-state index in [1.165, 1.54) is 12.8 Å². The Morgan fingerprint density at radius 1 is 1.20 bits per heavy atom. The fourth-order valence-corrected chi connectivity index (χ4v) is 1.39. The van der Waals surface area contributed by atoms with E-state index in [0.29, 0.717) is 0 Å². The topological polar surface area (TPSA) is 24.5 Å². The Labute approximate surface area is 95.2 Å². The molecule has 0 fully saturated rings. The maximum absolute atomic E-state index is 5.02. The van der Waals surface area contributed by atoms with Crippen LogP contribution in [-0.4, -0.2) is 51.8 Å². The number of likely N-dealkylation sites (N-methyl/N-ethyl adjacent to an activating group) is 1. The summed E-state index contributed by atoms with van der Waals surface area (Å²) in [5.74, 6) is 0.830. The maximum atomic E-state index is 5.02. The van der Waals surface area contributed by atoms with Gasteiger partial charge in [-0.25, -0.2) is 0 Å². The molecule has 0 saturated heterocycles. The second kappa shape index (κ2) is 10.4. The van der Waals surface area contributed by atoms with Crippen LogP contribution in [0.1, 0.15) is 26.7 Å². The van der Waals surface area contributed by atoms with Gasteiger partial charge in [0.25, 0.3) is 0 Å². The highest BCUT2D eigenvalue weighted by Crippen LogP contribution is 2.01. The van der Waals surface area contributed by atoms with Gasteiger partial charge in [-0.2, -0.15) is 0 Å². The largest absolute Gasteiger partial charge is 0.383 e. The van der Waals surface area contributed by atoms with E-state index in [1.807, 2.05) is 0 Å². The standard InChI is InChI=1S/C12H28N2O/c1-12(2)6-5-7-13-8-9-14(3)10-11-15-4/h12-13H,5-11H2,1-4H3. The third-order valence-corrected chi connectivity index (χ3v) is 2.48. The third-order valence-electron chi connectivity index (χ3n) is 2.48. The number of hydrogen-bond donors (Lipinski definition) is 1. The van der Waals surface area contributed by atoms with E-state index in [9.17, 15) is 0 Å². The predicted octanol–water partition coefficient (Wildman–Crippen LogP) is 1.59. The summed E-state index contributed by atoms with van der Waals surface area (Å²) < 4.78 is 5.02. The van der Waals surface area contributed by atoms with E-state index < -0.39 is 0 Å². The van der Waals surface area contributed by atoms with Gasteiger partial charge in [0, 0.05) is 26.7 Å². The Kier molecular flexibility index (Phi) is 10.3. The summed E-state index contributed by atoms with van der Waals surface area (Å²) in [5, 5.41) is 3.47. The lowest BCUT2D eigenvalue weighted by atomic mass is 10.1. The molecule has 0 radical (unpaired) electrons. The molecule has 1 N–H and O–H groups in total. The van der Waals surface area contributed by atoms with Crippen molar-refractivity contribution in [3.63, 3.8) is 0 Å². The van der Waals surface area contributed by atoms with Gasteiger partial charge in [0.05, 0.1) is 6.61 Å². The molecule has 3 nitrogen and oxygen atoms in total. The van der Waals surface area contributed by atoms with Gasteiger partial charge in [-0.15, -0.1) is 0 Å². The fourth-order valence-electron chi connectivity index (χ4n) is 1.39. The second-order valence-corrected chi connectivity index (χ2v) is 4.58. The molecule has 0 aromatic carbocycles. The van der Waals surface area contributed by atoms with Crippen LogP contribution in [0.15, 0.2) is 0 Å². The van der Waals surface area contributed by atoms with Gasteiger partial charge in [-0.05, 0) is 32.4 Å². The molecule has 0 atom stereocenters. The van der Waals surface area contributed by atoms with Crippen LogP contribution >= 0.6 is 0 Å². The molecular formula is C12H28N2O. The molecule has 0 aromatic rings. The second-order valence-electron chi connectivity index (χ2n) is 4.58. The van der Waals surface area contributed by atoms with Crippen molar-refractivity contribution in [2.24, 2.45) is 5.92 Å². The number of nitrogens with zero attached hydrogens (tertiary/aromatic N) is 1. The van der Waals surface area contributed by atoms with Crippen LogP contribution in [0.4, 0.5) is 0 Å². The predicted molar refractivity (Wildman–Crippen MR) is 66.3 cm³/mol. The Morgan fingerprint density at radius 3 is 2.53 bits per heavy atom. The van der Waals surface area contributed by atoms with Crippen molar-refractivity contribution >= 4 is 0 Å². The Morgan fingerprint density at radius 2 is 1.93 bits per heavy atom. The molecule has 0 rings (SSSR count). The van der Waals surface area contributed by atoms with Crippen molar-refractivity contribution < 1.29 is 4.74 Å². The van der Waals surface area contributed by atoms with E-state index in [2.05, 4.69) is 31.1 Å². The first kappa shape index (κ1) is 14.9. The average Bonchev–Trinajstić information content (AvgIpc) is 2.19. The molecule has 92 valence electrons. The minimum absolute atomic E-state index is 0.823. The van der Waals surface area contributed by atoms with Crippen molar-refractivity contribution in [2.45, 2.75) is 26.7 Å². The molecule has 0 unspecified atom stereocenters. The number of hydrogen-bond acceptors (Lipinski definition) is 3. The molecule has 0 aliphatic carbocycles. The molecule has 15 heavy (non-hydrogen) atoms. The Balaban J connectivity index is 3.09. The van der Waals surface area contributed by atoms with Crippen LogP contribution in [0.3, 0.4) is 0 Å². The number of ether oxygens (including phenoxy) is 1. The lowest BCUT2D eigenvalue weighted by Crippen LogP contribution is -2.31. The SMILES string of the molecule is COCCN(C)CCNCCCC(C)C. The molecule has 0 aliphatic heterocycles. The van der Waals surface area contributed by atoms with E-state index in [1.54, 1.807) is 7.11 Å². The van der Waals surface area contributed by atoms with Gasteiger partial charge < -0.3 is 15.0 Å². The van der Waals surface area contributed by atoms with Gasteiger partial charge in [0.15, 0.2) is 0 Å². The van der Waals surface area contributed by atoms with Gasteiger partial charge in [0.2, 0.25) is 0 Å². The summed E-state index contributed by atoms with van der Waals surface area (Å²) in [7, 11) is 3.88. The van der Waals surface area contributed by atoms with Gasteiger partial charge in [-0.1, -0.05) is 13.8 Å². The molecule has 0 spiro atoms. The Bertz CT molecular complexity index is 129. The maximum Gasteiger partial charge on any atom is 0.0589 e. The summed E-state index contributed by atoms with van der Waals surface area (Å²) >= 11 is 0. The summed E-state index contributed by atoms with van der Waals surface area (Å²) in [6.07, 6.45) is 2.62. The van der Waals surface area contributed by atoms with Crippen LogP contribution < -0.4 is 5.32 Å². The van der Waals surface area contributed by atoms with Crippen LogP contribution in [0.5, 0.6) is 0 Å². The van der Waals surface area contributed by atoms with Crippen molar-refractivity contribution in [3.05, 3.63) is 0 Å². The Hall–Kier alpha value is -0.120. The fraction of sp³-hybridized carbons (Fsp3) is 1.00. The first-order chi connectivity index (χ1) is 7.16. The highest BCUT2D eigenvalue weighted by Gasteiger charge is 1.97. The molecule has 0 aliphatic rings. The van der Waals surface area contributed by atoms with Crippen molar-refractivity contribution in [1.82, 2.24) is 10.2 Å². The third kappa shape index (κ3) is 11.8. The quantitative estimate of drug-likeness (QED) is 0.561. The molecule has 3 heteroatoms. The van der Waals surface area contributed by atoms with E-state index >= 15 is 0 Å². The first-order valence-corrected chi connectivity index (χ1v) is 6.05. The minimum Gasteiger partial charge on any atom is -0.383 e. The average molecular weight is 216 g/mol. The highest BCUT2D eigenvalue weighted by atomic mass is 16.5. The van der Waals surface area contributed by atoms with Crippen LogP contribution in [-0.2, 0) is 4.74 Å². The monoisotopic (exact) mass is 216 g/mol. The number of nitrogens with one attached hydrogen (secondary N) is 1. The normalized spacial score (nSPS) is 11.6. The molecule has 0 aromatic heterocycles. The van der Waals surface area contributed by atoms with Gasteiger partial charge in [0.1, 0.15) is 0 Å². The first-order valence-electron chi connectivity index (χ1n) is 6.05. The zero-order chi connectivity index (χ0) is 11.5. The molecular weight excluding hydrogens is 188 g/mol. The number of methoxy groups -OCH3 is 1. The van der Waals surface area contributed by atoms with Crippen molar-refractivity contribution in [3.8, 4) is 0 Å². The molecule has 0 bridgehead atoms.